The SMILES string of the molecule is CC(C)OCC(=O)N1CCC(C)C(Cl)C1. The molecule has 0 spiro atoms. The van der Waals surface area contributed by atoms with Gasteiger partial charge < -0.3 is 9.64 Å². The zero-order valence-electron chi connectivity index (χ0n) is 9.70. The molecule has 0 radical (unpaired) electrons. The highest BCUT2D eigenvalue weighted by atomic mass is 35.5. The Hall–Kier alpha value is -0.280. The zero-order valence-corrected chi connectivity index (χ0v) is 10.5. The van der Waals surface area contributed by atoms with Crippen molar-refractivity contribution in [3.63, 3.8) is 0 Å². The fraction of sp³-hybridized carbons (Fsp3) is 0.909. The van der Waals surface area contributed by atoms with Crippen molar-refractivity contribution >= 4 is 17.5 Å². The summed E-state index contributed by atoms with van der Waals surface area (Å²) in [5.74, 6) is 0.558. The van der Waals surface area contributed by atoms with E-state index in [0.29, 0.717) is 12.5 Å². The van der Waals surface area contributed by atoms with Crippen molar-refractivity contribution in [2.45, 2.75) is 38.7 Å². The lowest BCUT2D eigenvalue weighted by Gasteiger charge is -2.34. The third-order valence-corrected chi connectivity index (χ3v) is 3.33. The molecule has 0 N–H and O–H groups in total. The van der Waals surface area contributed by atoms with Crippen LogP contribution in [0.25, 0.3) is 0 Å². The molecule has 1 heterocycles. The number of hydrogen-bond acceptors (Lipinski definition) is 2. The second-order valence-electron chi connectivity index (χ2n) is 4.48. The maximum atomic E-state index is 11.7. The zero-order chi connectivity index (χ0) is 11.4. The van der Waals surface area contributed by atoms with Crippen LogP contribution in [0.1, 0.15) is 27.2 Å². The monoisotopic (exact) mass is 233 g/mol. The molecule has 1 fully saturated rings. The van der Waals surface area contributed by atoms with E-state index in [-0.39, 0.29) is 24.0 Å². The van der Waals surface area contributed by atoms with Crippen LogP contribution in [0.4, 0.5) is 0 Å². The first kappa shape index (κ1) is 12.8. The normalized spacial score (nSPS) is 27.1. The molecule has 1 rings (SSSR count). The van der Waals surface area contributed by atoms with Crippen LogP contribution < -0.4 is 0 Å². The van der Waals surface area contributed by atoms with Gasteiger partial charge in [-0.05, 0) is 26.2 Å². The van der Waals surface area contributed by atoms with E-state index in [0.717, 1.165) is 13.0 Å². The summed E-state index contributed by atoms with van der Waals surface area (Å²) in [7, 11) is 0. The average molecular weight is 234 g/mol. The van der Waals surface area contributed by atoms with Crippen molar-refractivity contribution in [3.8, 4) is 0 Å². The summed E-state index contributed by atoms with van der Waals surface area (Å²) in [5, 5.41) is 0.0850. The Labute approximate surface area is 96.7 Å². The summed E-state index contributed by atoms with van der Waals surface area (Å²) in [4.78, 5) is 13.5. The van der Waals surface area contributed by atoms with E-state index in [4.69, 9.17) is 16.3 Å². The lowest BCUT2D eigenvalue weighted by molar-refractivity contribution is -0.138. The maximum absolute atomic E-state index is 11.7. The molecule has 0 aliphatic carbocycles. The van der Waals surface area contributed by atoms with Gasteiger partial charge in [0.15, 0.2) is 0 Å². The highest BCUT2D eigenvalue weighted by molar-refractivity contribution is 6.21. The topological polar surface area (TPSA) is 29.5 Å². The van der Waals surface area contributed by atoms with Crippen molar-refractivity contribution in [1.29, 1.82) is 0 Å². The number of carbonyl (C=O) groups is 1. The van der Waals surface area contributed by atoms with Gasteiger partial charge in [0.25, 0.3) is 0 Å². The van der Waals surface area contributed by atoms with Crippen molar-refractivity contribution in [2.75, 3.05) is 19.7 Å². The number of amides is 1. The number of piperidine rings is 1. The molecule has 0 aromatic carbocycles. The van der Waals surface area contributed by atoms with Crippen LogP contribution in [0.15, 0.2) is 0 Å². The van der Waals surface area contributed by atoms with Crippen molar-refractivity contribution < 1.29 is 9.53 Å². The van der Waals surface area contributed by atoms with Crippen LogP contribution in [0.5, 0.6) is 0 Å². The molecule has 1 amide bonds. The van der Waals surface area contributed by atoms with Gasteiger partial charge in [-0.15, -0.1) is 11.6 Å². The van der Waals surface area contributed by atoms with Gasteiger partial charge in [0, 0.05) is 13.1 Å². The van der Waals surface area contributed by atoms with Gasteiger partial charge in [-0.3, -0.25) is 4.79 Å². The molecule has 0 saturated carbocycles. The van der Waals surface area contributed by atoms with Crippen LogP contribution in [0.2, 0.25) is 0 Å². The molecule has 1 saturated heterocycles. The Morgan fingerprint density at radius 1 is 1.60 bits per heavy atom. The minimum absolute atomic E-state index is 0.0567. The van der Waals surface area contributed by atoms with E-state index < -0.39 is 0 Å². The third kappa shape index (κ3) is 3.99. The van der Waals surface area contributed by atoms with Gasteiger partial charge in [-0.1, -0.05) is 6.92 Å². The van der Waals surface area contributed by atoms with Gasteiger partial charge in [0.05, 0.1) is 11.5 Å². The van der Waals surface area contributed by atoms with Crippen LogP contribution in [0.3, 0.4) is 0 Å². The van der Waals surface area contributed by atoms with E-state index >= 15 is 0 Å². The third-order valence-electron chi connectivity index (χ3n) is 2.76. The summed E-state index contributed by atoms with van der Waals surface area (Å²) in [6, 6.07) is 0. The minimum atomic E-state index is 0.0567. The van der Waals surface area contributed by atoms with Gasteiger partial charge in [-0.2, -0.15) is 0 Å². The minimum Gasteiger partial charge on any atom is -0.369 e. The lowest BCUT2D eigenvalue weighted by Crippen LogP contribution is -2.45. The van der Waals surface area contributed by atoms with E-state index in [9.17, 15) is 4.79 Å². The highest BCUT2D eigenvalue weighted by Gasteiger charge is 2.27. The molecular weight excluding hydrogens is 214 g/mol. The number of halogens is 1. The number of likely N-dealkylation sites (tertiary alicyclic amines) is 1. The Morgan fingerprint density at radius 3 is 2.80 bits per heavy atom. The standard InChI is InChI=1S/C11H20ClNO2/c1-8(2)15-7-11(14)13-5-4-9(3)10(12)6-13/h8-10H,4-7H2,1-3H3. The molecule has 0 aromatic rings. The number of nitrogens with zero attached hydrogens (tertiary/aromatic N) is 1. The van der Waals surface area contributed by atoms with Gasteiger partial charge in [-0.25, -0.2) is 0 Å². The molecule has 4 heteroatoms. The van der Waals surface area contributed by atoms with Crippen LogP contribution in [-0.4, -0.2) is 42.0 Å². The second-order valence-corrected chi connectivity index (χ2v) is 5.04. The molecule has 3 nitrogen and oxygen atoms in total. The summed E-state index contributed by atoms with van der Waals surface area (Å²) in [6.07, 6.45) is 1.09. The molecule has 1 aliphatic rings. The second kappa shape index (κ2) is 5.71. The van der Waals surface area contributed by atoms with Gasteiger partial charge in [0.1, 0.15) is 6.61 Å². The molecule has 1 aliphatic heterocycles. The summed E-state index contributed by atoms with van der Waals surface area (Å²) in [5.41, 5.74) is 0. The molecule has 2 unspecified atom stereocenters. The van der Waals surface area contributed by atoms with E-state index in [1.54, 1.807) is 4.90 Å². The average Bonchev–Trinajstić information content (AvgIpc) is 2.18. The Kier molecular flexibility index (Phi) is 4.87. The molecule has 0 bridgehead atoms. The van der Waals surface area contributed by atoms with Crippen molar-refractivity contribution in [2.24, 2.45) is 5.92 Å². The van der Waals surface area contributed by atoms with Crippen LogP contribution in [-0.2, 0) is 9.53 Å². The first-order valence-electron chi connectivity index (χ1n) is 5.54. The van der Waals surface area contributed by atoms with E-state index in [1.165, 1.54) is 0 Å². The summed E-state index contributed by atoms with van der Waals surface area (Å²) in [6.45, 7) is 7.62. The summed E-state index contributed by atoms with van der Waals surface area (Å²) >= 11 is 6.13. The number of hydrogen-bond donors (Lipinski definition) is 0. The van der Waals surface area contributed by atoms with Crippen LogP contribution in [0, 0.1) is 5.92 Å². The number of alkyl halides is 1. The molecule has 0 aromatic heterocycles. The summed E-state index contributed by atoms with van der Waals surface area (Å²) < 4.78 is 5.28. The Bertz CT molecular complexity index is 221. The molecule has 88 valence electrons. The predicted octanol–water partition coefficient (Wildman–Crippen LogP) is 1.89. The smallest absolute Gasteiger partial charge is 0.248 e. The fourth-order valence-electron chi connectivity index (χ4n) is 1.58. The van der Waals surface area contributed by atoms with Crippen molar-refractivity contribution in [1.82, 2.24) is 4.90 Å². The van der Waals surface area contributed by atoms with E-state index in [1.807, 2.05) is 13.8 Å². The predicted molar refractivity (Wildman–Crippen MR) is 61.1 cm³/mol. The largest absolute Gasteiger partial charge is 0.369 e. The van der Waals surface area contributed by atoms with E-state index in [2.05, 4.69) is 6.92 Å². The molecular formula is C11H20ClNO2. The van der Waals surface area contributed by atoms with Crippen LogP contribution >= 0.6 is 11.6 Å². The fourth-order valence-corrected chi connectivity index (χ4v) is 1.87. The molecule has 2 atom stereocenters. The Balaban J connectivity index is 2.34. The van der Waals surface area contributed by atoms with Gasteiger partial charge >= 0.3 is 0 Å². The Morgan fingerprint density at radius 2 is 2.27 bits per heavy atom. The number of carbonyl (C=O) groups excluding carboxylic acids is 1. The molecule has 15 heavy (non-hydrogen) atoms. The first-order chi connectivity index (χ1) is 7.00. The van der Waals surface area contributed by atoms with Crippen molar-refractivity contribution in [3.05, 3.63) is 0 Å². The quantitative estimate of drug-likeness (QED) is 0.697. The lowest BCUT2D eigenvalue weighted by atomic mass is 9.99. The highest BCUT2D eigenvalue weighted by Crippen LogP contribution is 2.21. The maximum Gasteiger partial charge on any atom is 0.248 e. The van der Waals surface area contributed by atoms with Gasteiger partial charge in [0.2, 0.25) is 5.91 Å². The first-order valence-corrected chi connectivity index (χ1v) is 5.97. The number of rotatable bonds is 3. The number of ether oxygens (including phenoxy) is 1.